The molecule has 0 aromatic heterocycles. The van der Waals surface area contributed by atoms with Crippen LogP contribution in [-0.2, 0) is 6.54 Å². The van der Waals surface area contributed by atoms with E-state index in [0.29, 0.717) is 6.54 Å². The number of hydrogen-bond acceptors (Lipinski definition) is 2. The van der Waals surface area contributed by atoms with Crippen LogP contribution < -0.4 is 9.57 Å². The SMILES string of the molecule is COc1cccc(CNCl)c1. The third-order valence-electron chi connectivity index (χ3n) is 1.41. The summed E-state index contributed by atoms with van der Waals surface area (Å²) in [5.41, 5.74) is 1.11. The summed E-state index contributed by atoms with van der Waals surface area (Å²) in [5, 5.41) is 0. The molecule has 0 bridgehead atoms. The van der Waals surface area contributed by atoms with Gasteiger partial charge in [0.25, 0.3) is 0 Å². The molecule has 0 atom stereocenters. The van der Waals surface area contributed by atoms with Crippen LogP contribution >= 0.6 is 11.8 Å². The molecule has 0 amide bonds. The van der Waals surface area contributed by atoms with Gasteiger partial charge in [0, 0.05) is 6.54 Å². The van der Waals surface area contributed by atoms with Gasteiger partial charge in [-0.2, -0.15) is 0 Å². The summed E-state index contributed by atoms with van der Waals surface area (Å²) in [6, 6.07) is 7.76. The molecular weight excluding hydrogens is 162 g/mol. The molecule has 1 N–H and O–H groups in total. The zero-order valence-corrected chi connectivity index (χ0v) is 7.06. The van der Waals surface area contributed by atoms with Gasteiger partial charge in [0.1, 0.15) is 5.75 Å². The van der Waals surface area contributed by atoms with E-state index in [1.54, 1.807) is 7.11 Å². The predicted molar refractivity (Wildman–Crippen MR) is 45.7 cm³/mol. The Morgan fingerprint density at radius 3 is 3.00 bits per heavy atom. The quantitative estimate of drug-likeness (QED) is 0.702. The fourth-order valence-electron chi connectivity index (χ4n) is 0.860. The van der Waals surface area contributed by atoms with Gasteiger partial charge in [-0.25, -0.2) is 4.84 Å². The summed E-state index contributed by atoms with van der Waals surface area (Å²) in [6.45, 7) is 0.652. The number of hydrogen-bond donors (Lipinski definition) is 1. The van der Waals surface area contributed by atoms with Crippen molar-refractivity contribution in [1.29, 1.82) is 0 Å². The van der Waals surface area contributed by atoms with Crippen molar-refractivity contribution in [3.05, 3.63) is 29.8 Å². The lowest BCUT2D eigenvalue weighted by Crippen LogP contribution is -1.97. The number of methoxy groups -OCH3 is 1. The Bertz CT molecular complexity index is 227. The normalized spacial score (nSPS) is 9.64. The molecular formula is C8H10ClNO. The lowest BCUT2D eigenvalue weighted by Gasteiger charge is -2.01. The van der Waals surface area contributed by atoms with Crippen LogP contribution in [0.5, 0.6) is 5.75 Å². The van der Waals surface area contributed by atoms with E-state index < -0.39 is 0 Å². The average molecular weight is 172 g/mol. The third-order valence-corrected chi connectivity index (χ3v) is 1.54. The number of ether oxygens (including phenoxy) is 1. The monoisotopic (exact) mass is 171 g/mol. The van der Waals surface area contributed by atoms with Crippen LogP contribution in [-0.4, -0.2) is 7.11 Å². The number of benzene rings is 1. The highest BCUT2D eigenvalue weighted by Gasteiger charge is 1.92. The number of nitrogens with one attached hydrogen (secondary N) is 1. The van der Waals surface area contributed by atoms with Crippen LogP contribution in [0.4, 0.5) is 0 Å². The first-order valence-corrected chi connectivity index (χ1v) is 3.71. The van der Waals surface area contributed by atoms with E-state index in [0.717, 1.165) is 11.3 Å². The second-order valence-electron chi connectivity index (χ2n) is 2.16. The van der Waals surface area contributed by atoms with Crippen molar-refractivity contribution < 1.29 is 4.74 Å². The van der Waals surface area contributed by atoms with E-state index in [4.69, 9.17) is 16.5 Å². The first-order valence-electron chi connectivity index (χ1n) is 3.33. The topological polar surface area (TPSA) is 21.3 Å². The summed E-state index contributed by atoms with van der Waals surface area (Å²) in [5.74, 6) is 0.856. The Hall–Kier alpha value is -0.730. The Kier molecular flexibility index (Phi) is 3.20. The minimum atomic E-state index is 0.652. The molecule has 3 heteroatoms. The number of halogens is 1. The molecule has 11 heavy (non-hydrogen) atoms. The second kappa shape index (κ2) is 4.21. The van der Waals surface area contributed by atoms with Crippen LogP contribution in [0.3, 0.4) is 0 Å². The molecule has 1 aromatic rings. The van der Waals surface area contributed by atoms with Gasteiger partial charge in [0.05, 0.1) is 7.11 Å². The van der Waals surface area contributed by atoms with Crippen molar-refractivity contribution >= 4 is 11.8 Å². The smallest absolute Gasteiger partial charge is 0.119 e. The minimum Gasteiger partial charge on any atom is -0.497 e. The zero-order chi connectivity index (χ0) is 8.10. The summed E-state index contributed by atoms with van der Waals surface area (Å²) in [6.07, 6.45) is 0. The van der Waals surface area contributed by atoms with E-state index >= 15 is 0 Å². The molecule has 0 aliphatic carbocycles. The van der Waals surface area contributed by atoms with Gasteiger partial charge in [-0.15, -0.1) is 0 Å². The van der Waals surface area contributed by atoms with Crippen molar-refractivity contribution in [2.75, 3.05) is 7.11 Å². The molecule has 0 heterocycles. The van der Waals surface area contributed by atoms with Crippen LogP contribution in [0.1, 0.15) is 5.56 Å². The molecule has 0 fully saturated rings. The molecule has 0 radical (unpaired) electrons. The van der Waals surface area contributed by atoms with E-state index in [1.807, 2.05) is 24.3 Å². The van der Waals surface area contributed by atoms with Crippen molar-refractivity contribution in [3.63, 3.8) is 0 Å². The molecule has 0 saturated carbocycles. The van der Waals surface area contributed by atoms with Gasteiger partial charge >= 0.3 is 0 Å². The molecule has 0 aliphatic rings. The van der Waals surface area contributed by atoms with Gasteiger partial charge in [-0.1, -0.05) is 12.1 Å². The largest absolute Gasteiger partial charge is 0.497 e. The van der Waals surface area contributed by atoms with Crippen molar-refractivity contribution in [2.45, 2.75) is 6.54 Å². The highest BCUT2D eigenvalue weighted by atomic mass is 35.5. The maximum atomic E-state index is 5.34. The highest BCUT2D eigenvalue weighted by molar-refractivity contribution is 6.13. The Morgan fingerprint density at radius 1 is 1.55 bits per heavy atom. The van der Waals surface area contributed by atoms with E-state index in [9.17, 15) is 0 Å². The molecule has 2 nitrogen and oxygen atoms in total. The lowest BCUT2D eigenvalue weighted by atomic mass is 10.2. The molecule has 1 aromatic carbocycles. The predicted octanol–water partition coefficient (Wildman–Crippen LogP) is 1.94. The Balaban J connectivity index is 2.74. The third kappa shape index (κ3) is 2.41. The first kappa shape index (κ1) is 8.37. The summed E-state index contributed by atoms with van der Waals surface area (Å²) in [4.78, 5) is 2.55. The standard InChI is InChI=1S/C8H10ClNO/c1-11-8-4-2-3-7(5-8)6-10-9/h2-5,10H,6H2,1H3. The van der Waals surface area contributed by atoms with Gasteiger partial charge in [-0.3, -0.25) is 0 Å². The van der Waals surface area contributed by atoms with Gasteiger partial charge in [0.2, 0.25) is 0 Å². The van der Waals surface area contributed by atoms with E-state index in [1.165, 1.54) is 0 Å². The first-order chi connectivity index (χ1) is 5.36. The van der Waals surface area contributed by atoms with Gasteiger partial charge in [-0.05, 0) is 29.5 Å². The molecule has 0 aliphatic heterocycles. The van der Waals surface area contributed by atoms with Gasteiger partial charge in [0.15, 0.2) is 0 Å². The van der Waals surface area contributed by atoms with Crippen molar-refractivity contribution in [3.8, 4) is 5.75 Å². The van der Waals surface area contributed by atoms with Crippen LogP contribution in [0.15, 0.2) is 24.3 Å². The zero-order valence-electron chi connectivity index (χ0n) is 6.30. The second-order valence-corrected chi connectivity index (χ2v) is 2.43. The maximum absolute atomic E-state index is 5.34. The number of rotatable bonds is 3. The van der Waals surface area contributed by atoms with E-state index in [-0.39, 0.29) is 0 Å². The van der Waals surface area contributed by atoms with Crippen molar-refractivity contribution in [2.24, 2.45) is 0 Å². The lowest BCUT2D eigenvalue weighted by molar-refractivity contribution is 0.414. The fraction of sp³-hybridized carbons (Fsp3) is 0.250. The highest BCUT2D eigenvalue weighted by Crippen LogP contribution is 2.11. The fourth-order valence-corrected chi connectivity index (χ4v) is 1.01. The molecule has 0 spiro atoms. The Morgan fingerprint density at radius 2 is 2.36 bits per heavy atom. The van der Waals surface area contributed by atoms with Crippen molar-refractivity contribution in [1.82, 2.24) is 4.84 Å². The van der Waals surface area contributed by atoms with Crippen LogP contribution in [0.2, 0.25) is 0 Å². The maximum Gasteiger partial charge on any atom is 0.119 e. The van der Waals surface area contributed by atoms with E-state index in [2.05, 4.69) is 4.84 Å². The summed E-state index contributed by atoms with van der Waals surface area (Å²) in [7, 11) is 1.65. The minimum absolute atomic E-state index is 0.652. The Labute approximate surface area is 71.2 Å². The van der Waals surface area contributed by atoms with Crippen LogP contribution in [0, 0.1) is 0 Å². The molecule has 0 unspecified atom stereocenters. The summed E-state index contributed by atoms with van der Waals surface area (Å²) >= 11 is 5.34. The molecule has 60 valence electrons. The van der Waals surface area contributed by atoms with Crippen LogP contribution in [0.25, 0.3) is 0 Å². The summed E-state index contributed by atoms with van der Waals surface area (Å²) < 4.78 is 5.03. The average Bonchev–Trinajstić information content (AvgIpc) is 2.06. The molecule has 0 saturated heterocycles. The van der Waals surface area contributed by atoms with Gasteiger partial charge < -0.3 is 4.74 Å². The molecule has 1 rings (SSSR count).